The lowest BCUT2D eigenvalue weighted by Gasteiger charge is -1.94. The molecule has 2 heterocycles. The SMILES string of the molecule is Cc1ccc(/C=C/C2=NC(=C\c3cc(Br)cs3)/C(=O)O2)cc1. The Kier molecular flexibility index (Phi) is 4.36. The van der Waals surface area contributed by atoms with E-state index in [1.165, 1.54) is 16.9 Å². The third-order valence-corrected chi connectivity index (χ3v) is 4.64. The maximum absolute atomic E-state index is 11.8. The molecular formula is C17H12BrNO2S. The number of benzene rings is 1. The summed E-state index contributed by atoms with van der Waals surface area (Å²) in [5.74, 6) is -0.111. The van der Waals surface area contributed by atoms with Gasteiger partial charge in [-0.05, 0) is 46.6 Å². The number of hydrogen-bond acceptors (Lipinski definition) is 4. The van der Waals surface area contributed by atoms with Gasteiger partial charge in [-0.15, -0.1) is 11.3 Å². The highest BCUT2D eigenvalue weighted by atomic mass is 79.9. The van der Waals surface area contributed by atoms with Crippen LogP contribution in [0.5, 0.6) is 0 Å². The molecule has 0 unspecified atom stereocenters. The van der Waals surface area contributed by atoms with Gasteiger partial charge >= 0.3 is 5.97 Å². The van der Waals surface area contributed by atoms with E-state index in [1.807, 2.05) is 48.7 Å². The Balaban J connectivity index is 1.78. The Labute approximate surface area is 140 Å². The molecule has 22 heavy (non-hydrogen) atoms. The number of esters is 1. The maximum atomic E-state index is 11.8. The molecule has 110 valence electrons. The average Bonchev–Trinajstić information content (AvgIpc) is 3.05. The van der Waals surface area contributed by atoms with Crippen LogP contribution in [-0.4, -0.2) is 11.9 Å². The minimum atomic E-state index is -0.423. The monoisotopic (exact) mass is 373 g/mol. The van der Waals surface area contributed by atoms with Gasteiger partial charge in [-0.2, -0.15) is 0 Å². The third-order valence-electron chi connectivity index (χ3n) is 3.00. The standard InChI is InChI=1S/C17H12BrNO2S/c1-11-2-4-12(5-3-11)6-7-16-19-15(17(20)21-16)9-14-8-13(18)10-22-14/h2-10H,1H3/b7-6+,15-9-. The van der Waals surface area contributed by atoms with Gasteiger partial charge in [0.25, 0.3) is 0 Å². The van der Waals surface area contributed by atoms with E-state index in [0.717, 1.165) is 14.9 Å². The molecule has 2 aromatic rings. The number of rotatable bonds is 3. The molecule has 0 spiro atoms. The first-order valence-electron chi connectivity index (χ1n) is 6.61. The molecule has 1 aliphatic heterocycles. The van der Waals surface area contributed by atoms with Crippen molar-refractivity contribution in [1.29, 1.82) is 0 Å². The summed E-state index contributed by atoms with van der Waals surface area (Å²) in [5.41, 5.74) is 2.55. The van der Waals surface area contributed by atoms with Crippen molar-refractivity contribution in [2.45, 2.75) is 6.92 Å². The van der Waals surface area contributed by atoms with Crippen LogP contribution < -0.4 is 0 Å². The fourth-order valence-corrected chi connectivity index (χ4v) is 3.25. The number of carbonyl (C=O) groups excluding carboxylic acids is 1. The molecule has 0 bridgehead atoms. The molecule has 0 radical (unpaired) electrons. The minimum absolute atomic E-state index is 0.312. The molecule has 0 amide bonds. The third kappa shape index (κ3) is 3.61. The molecule has 0 atom stereocenters. The number of cyclic esters (lactones) is 1. The highest BCUT2D eigenvalue weighted by Crippen LogP contribution is 2.24. The van der Waals surface area contributed by atoms with Crippen LogP contribution in [0.2, 0.25) is 0 Å². The van der Waals surface area contributed by atoms with Crippen molar-refractivity contribution in [2.75, 3.05) is 0 Å². The maximum Gasteiger partial charge on any atom is 0.363 e. The molecular weight excluding hydrogens is 362 g/mol. The molecule has 0 saturated heterocycles. The van der Waals surface area contributed by atoms with Crippen molar-refractivity contribution in [3.63, 3.8) is 0 Å². The molecule has 0 aliphatic carbocycles. The van der Waals surface area contributed by atoms with Crippen molar-refractivity contribution in [2.24, 2.45) is 4.99 Å². The van der Waals surface area contributed by atoms with Crippen LogP contribution in [0.25, 0.3) is 12.2 Å². The van der Waals surface area contributed by atoms with Crippen LogP contribution in [0.3, 0.4) is 0 Å². The van der Waals surface area contributed by atoms with Gasteiger partial charge in [0.15, 0.2) is 5.70 Å². The number of aliphatic imine (C=N–C) groups is 1. The summed E-state index contributed by atoms with van der Waals surface area (Å²) in [6.45, 7) is 2.04. The summed E-state index contributed by atoms with van der Waals surface area (Å²) in [5, 5.41) is 1.95. The Bertz CT molecular complexity index is 800. The van der Waals surface area contributed by atoms with Crippen molar-refractivity contribution >= 4 is 51.3 Å². The lowest BCUT2D eigenvalue weighted by molar-refractivity contribution is -0.129. The van der Waals surface area contributed by atoms with Gasteiger partial charge in [-0.25, -0.2) is 9.79 Å². The number of hydrogen-bond donors (Lipinski definition) is 0. The van der Waals surface area contributed by atoms with Gasteiger partial charge in [0.05, 0.1) is 0 Å². The fraction of sp³-hybridized carbons (Fsp3) is 0.0588. The number of carbonyl (C=O) groups is 1. The Morgan fingerprint density at radius 1 is 1.23 bits per heavy atom. The van der Waals surface area contributed by atoms with Gasteiger partial charge in [0.2, 0.25) is 5.90 Å². The second-order valence-electron chi connectivity index (χ2n) is 4.78. The Hall–Kier alpha value is -1.98. The van der Waals surface area contributed by atoms with E-state index >= 15 is 0 Å². The molecule has 5 heteroatoms. The average molecular weight is 374 g/mol. The summed E-state index contributed by atoms with van der Waals surface area (Å²) in [6.07, 6.45) is 5.30. The first-order chi connectivity index (χ1) is 10.6. The molecule has 3 nitrogen and oxygen atoms in total. The predicted octanol–water partition coefficient (Wildman–Crippen LogP) is 4.83. The Morgan fingerprint density at radius 3 is 2.68 bits per heavy atom. The molecule has 1 aromatic heterocycles. The topological polar surface area (TPSA) is 38.7 Å². The number of aryl methyl sites for hydroxylation is 1. The van der Waals surface area contributed by atoms with E-state index in [9.17, 15) is 4.79 Å². The molecule has 0 saturated carbocycles. The van der Waals surface area contributed by atoms with Gasteiger partial charge < -0.3 is 4.74 Å². The van der Waals surface area contributed by atoms with Gasteiger partial charge in [-0.1, -0.05) is 29.8 Å². The van der Waals surface area contributed by atoms with Crippen molar-refractivity contribution < 1.29 is 9.53 Å². The van der Waals surface area contributed by atoms with Crippen molar-refractivity contribution in [3.05, 3.63) is 68.0 Å². The second-order valence-corrected chi connectivity index (χ2v) is 6.64. The van der Waals surface area contributed by atoms with Crippen LogP contribution in [0, 0.1) is 6.92 Å². The zero-order valence-electron chi connectivity index (χ0n) is 11.7. The van der Waals surface area contributed by atoms with E-state index in [-0.39, 0.29) is 0 Å². The molecule has 0 fully saturated rings. The zero-order valence-corrected chi connectivity index (χ0v) is 14.1. The summed E-state index contributed by atoms with van der Waals surface area (Å²) in [6, 6.07) is 10.00. The van der Waals surface area contributed by atoms with E-state index < -0.39 is 5.97 Å². The van der Waals surface area contributed by atoms with E-state index in [2.05, 4.69) is 20.9 Å². The summed E-state index contributed by atoms with van der Waals surface area (Å²) in [4.78, 5) is 17.0. The van der Waals surface area contributed by atoms with E-state index in [1.54, 1.807) is 12.2 Å². The lowest BCUT2D eigenvalue weighted by Crippen LogP contribution is -2.00. The zero-order chi connectivity index (χ0) is 15.5. The predicted molar refractivity (Wildman–Crippen MR) is 93.7 cm³/mol. The summed E-state index contributed by atoms with van der Waals surface area (Å²) >= 11 is 4.92. The van der Waals surface area contributed by atoms with Crippen molar-refractivity contribution in [3.8, 4) is 0 Å². The number of halogens is 1. The molecule has 0 N–H and O–H groups in total. The molecule has 1 aliphatic rings. The molecule has 1 aromatic carbocycles. The Morgan fingerprint density at radius 2 is 2.00 bits per heavy atom. The number of thiophene rings is 1. The highest BCUT2D eigenvalue weighted by Gasteiger charge is 2.21. The first-order valence-corrected chi connectivity index (χ1v) is 8.29. The van der Waals surface area contributed by atoms with Crippen LogP contribution >= 0.6 is 27.3 Å². The normalized spacial score (nSPS) is 16.4. The lowest BCUT2D eigenvalue weighted by atomic mass is 10.1. The minimum Gasteiger partial charge on any atom is -0.403 e. The van der Waals surface area contributed by atoms with Crippen LogP contribution in [0.4, 0.5) is 0 Å². The van der Waals surface area contributed by atoms with Gasteiger partial charge in [0, 0.05) is 20.8 Å². The quantitative estimate of drug-likeness (QED) is 0.570. The van der Waals surface area contributed by atoms with E-state index in [0.29, 0.717) is 11.6 Å². The fourth-order valence-electron chi connectivity index (χ4n) is 1.88. The number of nitrogens with zero attached hydrogens (tertiary/aromatic N) is 1. The van der Waals surface area contributed by atoms with E-state index in [4.69, 9.17) is 4.74 Å². The molecule has 3 rings (SSSR count). The van der Waals surface area contributed by atoms with Crippen LogP contribution in [0.1, 0.15) is 16.0 Å². The second kappa shape index (κ2) is 6.42. The smallest absolute Gasteiger partial charge is 0.363 e. The first kappa shape index (κ1) is 14.9. The number of ether oxygens (including phenoxy) is 1. The largest absolute Gasteiger partial charge is 0.403 e. The van der Waals surface area contributed by atoms with Gasteiger partial charge in [0.1, 0.15) is 0 Å². The van der Waals surface area contributed by atoms with Crippen LogP contribution in [0.15, 0.2) is 57.0 Å². The summed E-state index contributed by atoms with van der Waals surface area (Å²) in [7, 11) is 0. The van der Waals surface area contributed by atoms with Crippen LogP contribution in [-0.2, 0) is 9.53 Å². The van der Waals surface area contributed by atoms with Crippen molar-refractivity contribution in [1.82, 2.24) is 0 Å². The summed E-state index contributed by atoms with van der Waals surface area (Å²) < 4.78 is 6.13. The van der Waals surface area contributed by atoms with Gasteiger partial charge in [-0.3, -0.25) is 0 Å². The highest BCUT2D eigenvalue weighted by molar-refractivity contribution is 9.10.